The van der Waals surface area contributed by atoms with Gasteiger partial charge in [0.15, 0.2) is 9.84 Å². The maximum atomic E-state index is 12.9. The molecule has 9 nitrogen and oxygen atoms in total. The summed E-state index contributed by atoms with van der Waals surface area (Å²) < 4.78 is 58.7. The Morgan fingerprint density at radius 2 is 1.51 bits per heavy atom. The van der Waals surface area contributed by atoms with Crippen LogP contribution in [0.1, 0.15) is 56.9 Å². The van der Waals surface area contributed by atoms with E-state index in [2.05, 4.69) is 15.3 Å². The lowest BCUT2D eigenvalue weighted by Gasteiger charge is -2.37. The molecule has 11 heteroatoms. The SMILES string of the molecule is Cc1c(Nc2ccc(S(=O)(=O)C3CC3)cc2)ncnc1OC1CC2CC[C@@H](C1)N2S(=O)(=O)C1CC1. The zero-order valence-electron chi connectivity index (χ0n) is 19.6. The summed E-state index contributed by atoms with van der Waals surface area (Å²) in [6, 6.07) is 6.76. The summed E-state index contributed by atoms with van der Waals surface area (Å²) in [6.45, 7) is 1.88. The van der Waals surface area contributed by atoms with Crippen LogP contribution >= 0.6 is 0 Å². The van der Waals surface area contributed by atoms with Crippen LogP contribution in [0.3, 0.4) is 0 Å². The fraction of sp³-hybridized carbons (Fsp3) is 0.583. The molecule has 2 saturated heterocycles. The van der Waals surface area contributed by atoms with Crippen LogP contribution in [0.25, 0.3) is 0 Å². The van der Waals surface area contributed by atoms with Gasteiger partial charge in [0.05, 0.1) is 21.0 Å². The number of hydrogen-bond donors (Lipinski definition) is 1. The van der Waals surface area contributed by atoms with E-state index in [1.165, 1.54) is 6.33 Å². The Kier molecular flexibility index (Phi) is 5.57. The Balaban J connectivity index is 1.14. The molecule has 4 fully saturated rings. The number of nitrogens with one attached hydrogen (secondary N) is 1. The summed E-state index contributed by atoms with van der Waals surface area (Å²) in [4.78, 5) is 9.03. The maximum absolute atomic E-state index is 12.9. The van der Waals surface area contributed by atoms with Crippen LogP contribution in [-0.4, -0.2) is 59.8 Å². The topological polar surface area (TPSA) is 119 Å². The van der Waals surface area contributed by atoms with Crippen molar-refractivity contribution in [1.82, 2.24) is 14.3 Å². The molecule has 1 aromatic carbocycles. The lowest BCUT2D eigenvalue weighted by atomic mass is 10.0. The molecule has 1 N–H and O–H groups in total. The second-order valence-electron chi connectivity index (χ2n) is 10.2. The van der Waals surface area contributed by atoms with Gasteiger partial charge in [-0.2, -0.15) is 4.31 Å². The summed E-state index contributed by atoms with van der Waals surface area (Å²) in [5.74, 6) is 1.07. The minimum absolute atomic E-state index is 0.00882. The Labute approximate surface area is 206 Å². The Bertz CT molecular complexity index is 1320. The zero-order chi connectivity index (χ0) is 24.4. The molecule has 35 heavy (non-hydrogen) atoms. The second kappa shape index (κ2) is 8.41. The number of piperidine rings is 1. The summed E-state index contributed by atoms with van der Waals surface area (Å²) in [7, 11) is -6.40. The first-order chi connectivity index (χ1) is 16.7. The van der Waals surface area contributed by atoms with Crippen LogP contribution in [0.5, 0.6) is 5.88 Å². The van der Waals surface area contributed by atoms with E-state index < -0.39 is 19.9 Å². The fourth-order valence-electron chi connectivity index (χ4n) is 5.41. The van der Waals surface area contributed by atoms with Gasteiger partial charge in [0, 0.05) is 30.6 Å². The van der Waals surface area contributed by atoms with Crippen LogP contribution in [0.2, 0.25) is 0 Å². The highest BCUT2D eigenvalue weighted by Crippen LogP contribution is 2.44. The molecular formula is C24H30N4O5S2. The van der Waals surface area contributed by atoms with Gasteiger partial charge < -0.3 is 10.1 Å². The van der Waals surface area contributed by atoms with Crippen molar-refractivity contribution in [2.24, 2.45) is 0 Å². The van der Waals surface area contributed by atoms with E-state index in [0.717, 1.165) is 49.8 Å². The van der Waals surface area contributed by atoms with E-state index in [-0.39, 0.29) is 28.7 Å². The van der Waals surface area contributed by atoms with Gasteiger partial charge in [-0.05, 0) is 69.7 Å². The first-order valence-corrected chi connectivity index (χ1v) is 15.4. The van der Waals surface area contributed by atoms with E-state index in [4.69, 9.17) is 4.74 Å². The Hall–Kier alpha value is -2.24. The normalized spacial score (nSPS) is 27.1. The second-order valence-corrected chi connectivity index (χ2v) is 14.6. The van der Waals surface area contributed by atoms with Crippen molar-refractivity contribution in [3.8, 4) is 5.88 Å². The largest absolute Gasteiger partial charge is 0.474 e. The molecule has 2 aliphatic heterocycles. The third-order valence-corrected chi connectivity index (χ3v) is 12.4. The van der Waals surface area contributed by atoms with Crippen molar-refractivity contribution in [3.05, 3.63) is 36.2 Å². The summed E-state index contributed by atoms with van der Waals surface area (Å²) in [6.07, 6.45) is 7.52. The van der Waals surface area contributed by atoms with Crippen molar-refractivity contribution in [2.75, 3.05) is 5.32 Å². The van der Waals surface area contributed by atoms with Crippen molar-refractivity contribution in [2.45, 2.75) is 91.9 Å². The quantitative estimate of drug-likeness (QED) is 0.565. The molecular weight excluding hydrogens is 488 g/mol. The molecule has 1 aromatic heterocycles. The average Bonchev–Trinajstić information content (AvgIpc) is 3.73. The predicted octanol–water partition coefficient (Wildman–Crippen LogP) is 3.33. The van der Waals surface area contributed by atoms with Crippen LogP contribution in [0, 0.1) is 6.92 Å². The molecule has 2 bridgehead atoms. The highest BCUT2D eigenvalue weighted by molar-refractivity contribution is 7.92. The van der Waals surface area contributed by atoms with Gasteiger partial charge in [0.2, 0.25) is 15.9 Å². The number of fused-ring (bicyclic) bond motifs is 2. The van der Waals surface area contributed by atoms with Gasteiger partial charge in [-0.15, -0.1) is 0 Å². The maximum Gasteiger partial charge on any atom is 0.221 e. The molecule has 188 valence electrons. The van der Waals surface area contributed by atoms with E-state index >= 15 is 0 Å². The number of sulfone groups is 1. The lowest BCUT2D eigenvalue weighted by molar-refractivity contribution is 0.0910. The summed E-state index contributed by atoms with van der Waals surface area (Å²) in [5, 5.41) is 2.82. The van der Waals surface area contributed by atoms with Gasteiger partial charge >= 0.3 is 0 Å². The molecule has 4 aliphatic rings. The van der Waals surface area contributed by atoms with E-state index in [0.29, 0.717) is 29.4 Å². The molecule has 2 saturated carbocycles. The van der Waals surface area contributed by atoms with Crippen LogP contribution in [-0.2, 0) is 19.9 Å². The molecule has 0 radical (unpaired) electrons. The van der Waals surface area contributed by atoms with E-state index in [9.17, 15) is 16.8 Å². The van der Waals surface area contributed by atoms with E-state index in [1.54, 1.807) is 28.6 Å². The van der Waals surface area contributed by atoms with Crippen molar-refractivity contribution in [3.63, 3.8) is 0 Å². The lowest BCUT2D eigenvalue weighted by Crippen LogP contribution is -2.50. The Morgan fingerprint density at radius 3 is 2.11 bits per heavy atom. The fourth-order valence-corrected chi connectivity index (χ4v) is 9.35. The summed E-state index contributed by atoms with van der Waals surface area (Å²) >= 11 is 0. The average molecular weight is 519 g/mol. The van der Waals surface area contributed by atoms with Crippen molar-refractivity contribution < 1.29 is 21.6 Å². The van der Waals surface area contributed by atoms with Crippen molar-refractivity contribution in [1.29, 1.82) is 0 Å². The number of aromatic nitrogens is 2. The molecule has 2 unspecified atom stereocenters. The number of ether oxygens (including phenoxy) is 1. The Morgan fingerprint density at radius 1 is 0.886 bits per heavy atom. The van der Waals surface area contributed by atoms with Gasteiger partial charge in [-0.1, -0.05) is 0 Å². The zero-order valence-corrected chi connectivity index (χ0v) is 21.3. The number of anilines is 2. The van der Waals surface area contributed by atoms with Crippen LogP contribution < -0.4 is 10.1 Å². The highest BCUT2D eigenvalue weighted by Gasteiger charge is 2.52. The van der Waals surface area contributed by atoms with Gasteiger partial charge in [0.1, 0.15) is 18.2 Å². The van der Waals surface area contributed by atoms with Gasteiger partial charge in [0.25, 0.3) is 0 Å². The third kappa shape index (κ3) is 4.31. The molecule has 6 rings (SSSR count). The number of hydrogen-bond acceptors (Lipinski definition) is 8. The first-order valence-electron chi connectivity index (χ1n) is 12.3. The number of sulfonamides is 1. The van der Waals surface area contributed by atoms with E-state index in [1.807, 2.05) is 6.92 Å². The monoisotopic (exact) mass is 518 g/mol. The van der Waals surface area contributed by atoms with Crippen LogP contribution in [0.4, 0.5) is 11.5 Å². The summed E-state index contributed by atoms with van der Waals surface area (Å²) in [5.41, 5.74) is 1.48. The van der Waals surface area contributed by atoms with Gasteiger partial charge in [-0.3, -0.25) is 0 Å². The molecule has 2 aliphatic carbocycles. The molecule has 3 atom stereocenters. The minimum Gasteiger partial charge on any atom is -0.474 e. The molecule has 3 heterocycles. The number of nitrogens with zero attached hydrogens (tertiary/aromatic N) is 3. The molecule has 0 spiro atoms. The van der Waals surface area contributed by atoms with Gasteiger partial charge in [-0.25, -0.2) is 26.8 Å². The number of rotatable bonds is 8. The highest BCUT2D eigenvalue weighted by atomic mass is 32.2. The smallest absolute Gasteiger partial charge is 0.221 e. The molecule has 2 aromatic rings. The van der Waals surface area contributed by atoms with Crippen LogP contribution in [0.15, 0.2) is 35.5 Å². The van der Waals surface area contributed by atoms with Crippen molar-refractivity contribution >= 4 is 31.4 Å². The first kappa shape index (κ1) is 23.2. The number of benzene rings is 1. The minimum atomic E-state index is -3.22. The third-order valence-electron chi connectivity index (χ3n) is 7.59. The molecule has 0 amide bonds. The standard InChI is InChI=1S/C24H30N4O5S2/c1-15-23(27-16-2-6-20(7-3-16)34(29,30)21-8-9-21)25-14-26-24(15)33-19-12-17-4-5-18(13-19)28(17)35(31,32)22-10-11-22/h2-3,6-7,14,17-19,21-22H,4-5,8-13H2,1H3,(H,25,26,27)/t17-,18?,19?/m0/s1. The predicted molar refractivity (Wildman–Crippen MR) is 131 cm³/mol.